The lowest BCUT2D eigenvalue weighted by atomic mass is 10.2. The molecule has 0 bridgehead atoms. The van der Waals surface area contributed by atoms with E-state index >= 15 is 0 Å². The van der Waals surface area contributed by atoms with Crippen molar-refractivity contribution < 1.29 is 14.7 Å². The molecule has 2 amide bonds. The van der Waals surface area contributed by atoms with Crippen LogP contribution in [0.15, 0.2) is 0 Å². The molecule has 0 aromatic heterocycles. The smallest absolute Gasteiger partial charge is 0.242 e. The van der Waals surface area contributed by atoms with E-state index in [1.807, 2.05) is 13.8 Å². The number of likely N-dealkylation sites (N-methyl/N-ethyl adjacent to an activating group) is 2. The van der Waals surface area contributed by atoms with Crippen molar-refractivity contribution in [1.29, 1.82) is 0 Å². The fourth-order valence-electron chi connectivity index (χ4n) is 1.79. The number of aliphatic hydroxyl groups excluding tert-OH is 1. The third kappa shape index (κ3) is 3.98. The Hall–Kier alpha value is -1.14. The number of hydrogen-bond donors (Lipinski definition) is 2. The molecule has 6 nitrogen and oxygen atoms in total. The maximum atomic E-state index is 11.7. The Bertz CT molecular complexity index is 283. The summed E-state index contributed by atoms with van der Waals surface area (Å²) in [6, 6.07) is 0. The second-order valence-corrected chi connectivity index (χ2v) is 4.14. The Morgan fingerprint density at radius 1 is 1.24 bits per heavy atom. The molecule has 0 saturated carbocycles. The standard InChI is InChI=1S/C11H21N3O3/c1-3-12-5-9(15)6-14-8-10(16)13(4-2)7-11(14)17/h9,12,15H,3-8H2,1-2H3. The first-order valence-corrected chi connectivity index (χ1v) is 6.02. The first-order chi connectivity index (χ1) is 8.08. The number of nitrogens with one attached hydrogen (secondary N) is 1. The molecule has 17 heavy (non-hydrogen) atoms. The van der Waals surface area contributed by atoms with Gasteiger partial charge in [-0.2, -0.15) is 0 Å². The van der Waals surface area contributed by atoms with Gasteiger partial charge in [-0.1, -0.05) is 6.92 Å². The minimum Gasteiger partial charge on any atom is -0.390 e. The van der Waals surface area contributed by atoms with Crippen molar-refractivity contribution in [3.8, 4) is 0 Å². The summed E-state index contributed by atoms with van der Waals surface area (Å²) in [5.41, 5.74) is 0. The number of rotatable bonds is 6. The normalized spacial score (nSPS) is 18.8. The molecule has 1 rings (SSSR count). The Labute approximate surface area is 102 Å². The van der Waals surface area contributed by atoms with Crippen LogP contribution >= 0.6 is 0 Å². The molecular weight excluding hydrogens is 222 g/mol. The molecule has 1 aliphatic rings. The Morgan fingerprint density at radius 3 is 2.41 bits per heavy atom. The minimum absolute atomic E-state index is 0.0530. The molecule has 6 heteroatoms. The lowest BCUT2D eigenvalue weighted by molar-refractivity contribution is -0.151. The zero-order valence-corrected chi connectivity index (χ0v) is 10.5. The highest BCUT2D eigenvalue weighted by molar-refractivity contribution is 5.92. The predicted molar refractivity (Wildman–Crippen MR) is 63.4 cm³/mol. The first-order valence-electron chi connectivity index (χ1n) is 6.02. The van der Waals surface area contributed by atoms with Crippen molar-refractivity contribution in [2.75, 3.05) is 39.3 Å². The van der Waals surface area contributed by atoms with Crippen LogP contribution in [0, 0.1) is 0 Å². The van der Waals surface area contributed by atoms with Gasteiger partial charge in [0.25, 0.3) is 0 Å². The highest BCUT2D eigenvalue weighted by Gasteiger charge is 2.29. The summed E-state index contributed by atoms with van der Waals surface area (Å²) in [6.07, 6.45) is -0.625. The third-order valence-corrected chi connectivity index (χ3v) is 2.80. The molecule has 1 unspecified atom stereocenters. The number of aliphatic hydroxyl groups is 1. The molecule has 0 aromatic rings. The molecule has 1 aliphatic heterocycles. The molecule has 1 fully saturated rings. The third-order valence-electron chi connectivity index (χ3n) is 2.80. The number of nitrogens with zero attached hydrogens (tertiary/aromatic N) is 2. The second-order valence-electron chi connectivity index (χ2n) is 4.14. The SMILES string of the molecule is CCNCC(O)CN1CC(=O)N(CC)CC1=O. The molecule has 0 aliphatic carbocycles. The molecule has 98 valence electrons. The van der Waals surface area contributed by atoms with Crippen LogP contribution in [0.25, 0.3) is 0 Å². The second kappa shape index (κ2) is 6.56. The summed E-state index contributed by atoms with van der Waals surface area (Å²) in [5, 5.41) is 12.7. The van der Waals surface area contributed by atoms with Crippen LogP contribution in [0.2, 0.25) is 0 Å². The zero-order chi connectivity index (χ0) is 12.8. The molecule has 1 heterocycles. The summed E-state index contributed by atoms with van der Waals surface area (Å²) in [7, 11) is 0. The maximum absolute atomic E-state index is 11.7. The zero-order valence-electron chi connectivity index (χ0n) is 10.5. The quantitative estimate of drug-likeness (QED) is 0.605. The van der Waals surface area contributed by atoms with Gasteiger partial charge >= 0.3 is 0 Å². The Balaban J connectivity index is 2.44. The van der Waals surface area contributed by atoms with E-state index in [9.17, 15) is 14.7 Å². The van der Waals surface area contributed by atoms with Crippen molar-refractivity contribution in [3.05, 3.63) is 0 Å². The van der Waals surface area contributed by atoms with Gasteiger partial charge in [0, 0.05) is 19.6 Å². The van der Waals surface area contributed by atoms with E-state index in [4.69, 9.17) is 0 Å². The summed E-state index contributed by atoms with van der Waals surface area (Å²) in [6.45, 7) is 5.98. The van der Waals surface area contributed by atoms with Crippen molar-refractivity contribution in [2.45, 2.75) is 20.0 Å². The maximum Gasteiger partial charge on any atom is 0.242 e. The fourth-order valence-corrected chi connectivity index (χ4v) is 1.79. The molecule has 0 aromatic carbocycles. The van der Waals surface area contributed by atoms with Crippen LogP contribution in [0.3, 0.4) is 0 Å². The summed E-state index contributed by atoms with van der Waals surface area (Å²) >= 11 is 0. The first kappa shape index (κ1) is 13.9. The van der Waals surface area contributed by atoms with Gasteiger partial charge in [-0.05, 0) is 13.5 Å². The summed E-state index contributed by atoms with van der Waals surface area (Å²) in [5.74, 6) is -0.148. The average Bonchev–Trinajstić information content (AvgIpc) is 2.30. The fraction of sp³-hybridized carbons (Fsp3) is 0.818. The number of carbonyl (C=O) groups excluding carboxylic acids is 2. The van der Waals surface area contributed by atoms with E-state index in [1.54, 1.807) is 0 Å². The van der Waals surface area contributed by atoms with Crippen molar-refractivity contribution in [3.63, 3.8) is 0 Å². The molecule has 1 atom stereocenters. The van der Waals surface area contributed by atoms with E-state index in [-0.39, 0.29) is 31.4 Å². The van der Waals surface area contributed by atoms with E-state index in [0.29, 0.717) is 13.1 Å². The number of carbonyl (C=O) groups is 2. The molecule has 2 N–H and O–H groups in total. The largest absolute Gasteiger partial charge is 0.390 e. The highest BCUT2D eigenvalue weighted by Crippen LogP contribution is 2.05. The highest BCUT2D eigenvalue weighted by atomic mass is 16.3. The van der Waals surface area contributed by atoms with Crippen LogP contribution in [0.4, 0.5) is 0 Å². The van der Waals surface area contributed by atoms with Crippen molar-refractivity contribution >= 4 is 11.8 Å². The molecule has 0 spiro atoms. The van der Waals surface area contributed by atoms with Gasteiger partial charge in [0.1, 0.15) is 0 Å². The van der Waals surface area contributed by atoms with Gasteiger partial charge in [0.2, 0.25) is 11.8 Å². The van der Waals surface area contributed by atoms with Gasteiger partial charge in [0.15, 0.2) is 0 Å². The van der Waals surface area contributed by atoms with Gasteiger partial charge < -0.3 is 20.2 Å². The van der Waals surface area contributed by atoms with Crippen LogP contribution in [-0.2, 0) is 9.59 Å². The van der Waals surface area contributed by atoms with Gasteiger partial charge in [0.05, 0.1) is 19.2 Å². The number of hydrogen-bond acceptors (Lipinski definition) is 4. The van der Waals surface area contributed by atoms with E-state index < -0.39 is 6.10 Å². The van der Waals surface area contributed by atoms with Crippen molar-refractivity contribution in [2.24, 2.45) is 0 Å². The van der Waals surface area contributed by atoms with Crippen LogP contribution < -0.4 is 5.32 Å². The van der Waals surface area contributed by atoms with Crippen LogP contribution in [-0.4, -0.2) is 72.1 Å². The molecule has 0 radical (unpaired) electrons. The van der Waals surface area contributed by atoms with Crippen LogP contribution in [0.5, 0.6) is 0 Å². The Morgan fingerprint density at radius 2 is 1.82 bits per heavy atom. The van der Waals surface area contributed by atoms with E-state index in [2.05, 4.69) is 5.32 Å². The van der Waals surface area contributed by atoms with Gasteiger partial charge in [-0.15, -0.1) is 0 Å². The number of amides is 2. The lowest BCUT2D eigenvalue weighted by Crippen LogP contribution is -2.55. The summed E-state index contributed by atoms with van der Waals surface area (Å²) in [4.78, 5) is 26.3. The van der Waals surface area contributed by atoms with Gasteiger partial charge in [-0.3, -0.25) is 9.59 Å². The van der Waals surface area contributed by atoms with E-state index in [1.165, 1.54) is 9.80 Å². The molecule has 1 saturated heterocycles. The Kier molecular flexibility index (Phi) is 5.37. The minimum atomic E-state index is -0.625. The predicted octanol–water partition coefficient (Wildman–Crippen LogP) is -1.35. The topological polar surface area (TPSA) is 72.9 Å². The monoisotopic (exact) mass is 243 g/mol. The summed E-state index contributed by atoms with van der Waals surface area (Å²) < 4.78 is 0. The van der Waals surface area contributed by atoms with Crippen LogP contribution in [0.1, 0.15) is 13.8 Å². The van der Waals surface area contributed by atoms with Gasteiger partial charge in [-0.25, -0.2) is 0 Å². The van der Waals surface area contributed by atoms with Crippen molar-refractivity contribution in [1.82, 2.24) is 15.1 Å². The lowest BCUT2D eigenvalue weighted by Gasteiger charge is -2.34. The molecular formula is C11H21N3O3. The number of β-amino-alcohol motifs (C(OH)–C–C–N with tert-alkyl or cyclic N) is 1. The van der Waals surface area contributed by atoms with E-state index in [0.717, 1.165) is 6.54 Å². The average molecular weight is 243 g/mol. The number of piperazine rings is 1.